The molecule has 1 aromatic rings. The van der Waals surface area contributed by atoms with Crippen LogP contribution in [0.5, 0.6) is 0 Å². The maximum atomic E-state index is 14.5. The van der Waals surface area contributed by atoms with Crippen LogP contribution in [0.1, 0.15) is 55.3 Å². The quantitative estimate of drug-likeness (QED) is 0.628. The first-order valence-corrected chi connectivity index (χ1v) is 12.0. The zero-order chi connectivity index (χ0) is 23.4. The first kappa shape index (κ1) is 23.0. The summed E-state index contributed by atoms with van der Waals surface area (Å²) in [5.41, 5.74) is -0.121. The molecule has 2 aliphatic heterocycles. The second-order valence-electron chi connectivity index (χ2n) is 10.3. The second kappa shape index (κ2) is 8.48. The van der Waals surface area contributed by atoms with E-state index in [4.69, 9.17) is 4.74 Å². The number of aromatic nitrogens is 1. The average molecular weight is 470 g/mol. The Morgan fingerprint density at radius 1 is 1.33 bits per heavy atom. The van der Waals surface area contributed by atoms with Crippen LogP contribution < -0.4 is 0 Å². The molecular weight excluding hydrogens is 438 g/mol. The molecule has 1 aromatic heterocycles. The van der Waals surface area contributed by atoms with Crippen molar-refractivity contribution >= 4 is 5.91 Å². The van der Waals surface area contributed by atoms with Gasteiger partial charge in [0.2, 0.25) is 5.91 Å². The number of alkyl halides is 4. The fourth-order valence-corrected chi connectivity index (χ4v) is 6.76. The van der Waals surface area contributed by atoms with Gasteiger partial charge in [-0.25, -0.2) is 4.39 Å². The maximum absolute atomic E-state index is 14.5. The molecule has 0 spiro atoms. The molecule has 5 atom stereocenters. The van der Waals surface area contributed by atoms with Crippen molar-refractivity contribution in [3.63, 3.8) is 0 Å². The summed E-state index contributed by atoms with van der Waals surface area (Å²) in [6, 6.07) is 1.09. The van der Waals surface area contributed by atoms with E-state index in [1.165, 1.54) is 0 Å². The molecule has 0 N–H and O–H groups in total. The van der Waals surface area contributed by atoms with Crippen LogP contribution >= 0.6 is 0 Å². The van der Waals surface area contributed by atoms with Crippen LogP contribution in [0.4, 0.5) is 17.6 Å². The summed E-state index contributed by atoms with van der Waals surface area (Å²) in [6.07, 6.45) is 0.860. The van der Waals surface area contributed by atoms with Crippen LogP contribution in [-0.4, -0.2) is 65.8 Å². The summed E-state index contributed by atoms with van der Waals surface area (Å²) < 4.78 is 59.3. The van der Waals surface area contributed by atoms with E-state index in [2.05, 4.69) is 9.88 Å². The number of halogens is 4. The number of fused-ring (bicyclic) bond motifs is 2. The van der Waals surface area contributed by atoms with E-state index >= 15 is 0 Å². The molecule has 2 aliphatic carbocycles. The van der Waals surface area contributed by atoms with Crippen molar-refractivity contribution in [3.05, 3.63) is 29.1 Å². The van der Waals surface area contributed by atoms with E-state index in [0.29, 0.717) is 43.7 Å². The molecule has 0 unspecified atom stereocenters. The summed E-state index contributed by atoms with van der Waals surface area (Å²) in [4.78, 5) is 21.8. The minimum absolute atomic E-state index is 0.0627. The molecular formula is C24H31F4N3O2. The van der Waals surface area contributed by atoms with E-state index in [9.17, 15) is 22.4 Å². The summed E-state index contributed by atoms with van der Waals surface area (Å²) in [5, 5.41) is 0. The monoisotopic (exact) mass is 469 g/mol. The molecule has 0 radical (unpaired) electrons. The molecule has 5 nitrogen and oxygen atoms in total. The van der Waals surface area contributed by atoms with Gasteiger partial charge in [-0.05, 0) is 56.7 Å². The molecule has 1 saturated heterocycles. The molecule has 5 rings (SSSR count). The minimum Gasteiger partial charge on any atom is -0.378 e. The first-order valence-electron chi connectivity index (χ1n) is 12.0. The van der Waals surface area contributed by atoms with Gasteiger partial charge < -0.3 is 9.64 Å². The van der Waals surface area contributed by atoms with Crippen LogP contribution in [0.15, 0.2) is 12.3 Å². The van der Waals surface area contributed by atoms with Gasteiger partial charge in [-0.15, -0.1) is 0 Å². The van der Waals surface area contributed by atoms with E-state index in [-0.39, 0.29) is 37.1 Å². The van der Waals surface area contributed by atoms with Crippen molar-refractivity contribution in [2.24, 2.45) is 11.3 Å². The van der Waals surface area contributed by atoms with Gasteiger partial charge in [-0.3, -0.25) is 14.7 Å². The smallest absolute Gasteiger partial charge is 0.378 e. The third-order valence-electron chi connectivity index (χ3n) is 8.55. The highest BCUT2D eigenvalue weighted by molar-refractivity contribution is 5.84. The lowest BCUT2D eigenvalue weighted by Gasteiger charge is -2.39. The number of amides is 1. The van der Waals surface area contributed by atoms with Crippen LogP contribution in [0, 0.1) is 11.3 Å². The highest BCUT2D eigenvalue weighted by Crippen LogP contribution is 2.56. The Bertz CT molecular complexity index is 910. The second-order valence-corrected chi connectivity index (χ2v) is 10.3. The average Bonchev–Trinajstić information content (AvgIpc) is 3.36. The van der Waals surface area contributed by atoms with E-state index < -0.39 is 23.3 Å². The molecule has 0 aromatic carbocycles. The number of carbonyl (C=O) groups is 1. The molecule has 9 heteroatoms. The van der Waals surface area contributed by atoms with Gasteiger partial charge in [0, 0.05) is 50.1 Å². The van der Waals surface area contributed by atoms with E-state index in [1.807, 2.05) is 7.05 Å². The summed E-state index contributed by atoms with van der Waals surface area (Å²) in [7, 11) is 1.97. The van der Waals surface area contributed by atoms with Gasteiger partial charge in [-0.1, -0.05) is 6.42 Å². The molecule has 0 bridgehead atoms. The number of nitrogens with zero attached hydrogens (tertiary/aromatic N) is 3. The summed E-state index contributed by atoms with van der Waals surface area (Å²) in [5.74, 6) is 0.309. The van der Waals surface area contributed by atoms with Gasteiger partial charge in [0.15, 0.2) is 0 Å². The van der Waals surface area contributed by atoms with Crippen molar-refractivity contribution < 1.29 is 27.1 Å². The van der Waals surface area contributed by atoms with Gasteiger partial charge in [0.1, 0.15) is 6.17 Å². The molecule has 3 fully saturated rings. The Balaban J connectivity index is 1.34. The molecule has 1 amide bonds. The lowest BCUT2D eigenvalue weighted by atomic mass is 9.78. The Morgan fingerprint density at radius 2 is 2.15 bits per heavy atom. The van der Waals surface area contributed by atoms with Gasteiger partial charge in [0.25, 0.3) is 0 Å². The standard InChI is InChI=1S/C24H31F4N3O2/c1-30(21-5-8-33-14-19(21)25)18-10-16-3-2-6-23(16,11-18)22(32)31-7-4-20-15(13-31)9-17(12-29-20)24(26,27)28/h9,12,16,18-19,21H,2-8,10-11,13-14H2,1H3/t16-,18-,19+,21+,23-/m1/s1. The summed E-state index contributed by atoms with van der Waals surface area (Å²) >= 11 is 0. The fraction of sp³-hybridized carbons (Fsp3) is 0.750. The molecule has 3 heterocycles. The SMILES string of the molecule is CN([C@@H]1C[C@H]2CCC[C@@]2(C(=O)N2CCc3ncc(C(F)(F)F)cc3C2)C1)[C@H]1CCOC[C@@H]1F. The van der Waals surface area contributed by atoms with Crippen molar-refractivity contribution in [1.82, 2.24) is 14.8 Å². The normalized spacial score (nSPS) is 34.4. The van der Waals surface area contributed by atoms with Gasteiger partial charge >= 0.3 is 6.18 Å². The van der Waals surface area contributed by atoms with E-state index in [1.54, 1.807) is 4.90 Å². The van der Waals surface area contributed by atoms with E-state index in [0.717, 1.165) is 37.9 Å². The van der Waals surface area contributed by atoms with Crippen LogP contribution in [-0.2, 0) is 28.7 Å². The van der Waals surface area contributed by atoms with Crippen LogP contribution in [0.25, 0.3) is 0 Å². The van der Waals surface area contributed by atoms with Crippen molar-refractivity contribution in [3.8, 4) is 0 Å². The summed E-state index contributed by atoms with van der Waals surface area (Å²) in [6.45, 7) is 1.32. The lowest BCUT2D eigenvalue weighted by Crippen LogP contribution is -2.50. The number of rotatable bonds is 3. The Kier molecular flexibility index (Phi) is 5.92. The number of hydrogen-bond donors (Lipinski definition) is 0. The topological polar surface area (TPSA) is 45.7 Å². The van der Waals surface area contributed by atoms with Crippen LogP contribution in [0.2, 0.25) is 0 Å². The molecule has 33 heavy (non-hydrogen) atoms. The third kappa shape index (κ3) is 4.05. The number of hydrogen-bond acceptors (Lipinski definition) is 4. The number of pyridine rings is 1. The van der Waals surface area contributed by atoms with Crippen LogP contribution in [0.3, 0.4) is 0 Å². The largest absolute Gasteiger partial charge is 0.417 e. The fourth-order valence-electron chi connectivity index (χ4n) is 6.76. The lowest BCUT2D eigenvalue weighted by molar-refractivity contribution is -0.144. The van der Waals surface area contributed by atoms with Crippen molar-refractivity contribution in [2.45, 2.75) is 75.9 Å². The predicted octanol–water partition coefficient (Wildman–Crippen LogP) is 3.99. The Labute approximate surface area is 191 Å². The Hall–Kier alpha value is -1.74. The van der Waals surface area contributed by atoms with Gasteiger partial charge in [-0.2, -0.15) is 13.2 Å². The number of carbonyl (C=O) groups excluding carboxylic acids is 1. The third-order valence-corrected chi connectivity index (χ3v) is 8.55. The Morgan fingerprint density at radius 3 is 2.91 bits per heavy atom. The predicted molar refractivity (Wildman–Crippen MR) is 113 cm³/mol. The zero-order valence-electron chi connectivity index (χ0n) is 18.9. The zero-order valence-corrected chi connectivity index (χ0v) is 18.9. The molecule has 182 valence electrons. The molecule has 4 aliphatic rings. The number of ether oxygens (including phenoxy) is 1. The van der Waals surface area contributed by atoms with Crippen molar-refractivity contribution in [2.75, 3.05) is 26.8 Å². The highest BCUT2D eigenvalue weighted by atomic mass is 19.4. The molecule has 2 saturated carbocycles. The minimum atomic E-state index is -4.45. The first-order chi connectivity index (χ1) is 15.7. The maximum Gasteiger partial charge on any atom is 0.417 e. The van der Waals surface area contributed by atoms with Crippen molar-refractivity contribution in [1.29, 1.82) is 0 Å². The highest BCUT2D eigenvalue weighted by Gasteiger charge is 2.57. The van der Waals surface area contributed by atoms with Gasteiger partial charge in [0.05, 0.1) is 17.6 Å².